The second-order valence-electron chi connectivity index (χ2n) is 5.91. The molecule has 4 rings (SSSR count). The first-order chi connectivity index (χ1) is 10.7. The summed E-state index contributed by atoms with van der Waals surface area (Å²) >= 11 is 0. The lowest BCUT2D eigenvalue weighted by molar-refractivity contribution is 0.0896. The molecule has 0 unspecified atom stereocenters. The van der Waals surface area contributed by atoms with Gasteiger partial charge in [-0.3, -0.25) is 4.79 Å². The van der Waals surface area contributed by atoms with Crippen LogP contribution in [0.4, 0.5) is 0 Å². The zero-order chi connectivity index (χ0) is 15.1. The number of aromatic hydroxyl groups is 1. The fraction of sp³-hybridized carbons (Fsp3) is 0.375. The number of fused-ring (bicyclic) bond motifs is 2. The van der Waals surface area contributed by atoms with Gasteiger partial charge in [0.2, 0.25) is 0 Å². The zero-order valence-corrected chi connectivity index (χ0v) is 12.0. The lowest BCUT2D eigenvalue weighted by atomic mass is 9.95. The van der Waals surface area contributed by atoms with E-state index in [2.05, 4.69) is 15.6 Å². The van der Waals surface area contributed by atoms with Crippen LogP contribution in [0.5, 0.6) is 5.75 Å². The van der Waals surface area contributed by atoms with Crippen molar-refractivity contribution >= 4 is 5.91 Å². The second-order valence-corrected chi connectivity index (χ2v) is 5.91. The van der Waals surface area contributed by atoms with Crippen molar-refractivity contribution in [3.8, 4) is 17.1 Å². The number of amides is 1. The lowest BCUT2D eigenvalue weighted by Crippen LogP contribution is -2.43. The van der Waals surface area contributed by atoms with E-state index in [1.54, 1.807) is 24.3 Å². The second kappa shape index (κ2) is 5.14. The van der Waals surface area contributed by atoms with Gasteiger partial charge in [0, 0.05) is 18.1 Å². The Labute approximate surface area is 127 Å². The first kappa shape index (κ1) is 13.3. The Balaban J connectivity index is 1.49. The number of phenols is 1. The Morgan fingerprint density at radius 2 is 2.23 bits per heavy atom. The molecule has 2 fully saturated rings. The molecule has 22 heavy (non-hydrogen) atoms. The van der Waals surface area contributed by atoms with Crippen molar-refractivity contribution in [3.63, 3.8) is 0 Å². The standard InChI is InChI=1S/C16H17N3O3/c20-13-4-2-1-3-10(13)14-8-17-16(22-14)15(21)19-12-7-9-5-6-11(12)18-9/h1-4,8-9,11-12,18,20H,5-7H2,(H,19,21)/t9-,11+,12-/m1/s1. The summed E-state index contributed by atoms with van der Waals surface area (Å²) in [6.07, 6.45) is 4.71. The maximum Gasteiger partial charge on any atom is 0.307 e. The Morgan fingerprint density at radius 1 is 1.36 bits per heavy atom. The van der Waals surface area contributed by atoms with E-state index < -0.39 is 0 Å². The van der Waals surface area contributed by atoms with Gasteiger partial charge in [-0.25, -0.2) is 4.98 Å². The maximum absolute atomic E-state index is 12.2. The van der Waals surface area contributed by atoms with Crippen LogP contribution in [-0.4, -0.2) is 34.1 Å². The summed E-state index contributed by atoms with van der Waals surface area (Å²) in [4.78, 5) is 16.3. The SMILES string of the molecule is O=C(N[C@@H]1C[C@H]2CC[C@@H]1N2)c1ncc(-c2ccccc2O)o1. The van der Waals surface area contributed by atoms with Crippen LogP contribution >= 0.6 is 0 Å². The van der Waals surface area contributed by atoms with Crippen LogP contribution in [-0.2, 0) is 0 Å². The van der Waals surface area contributed by atoms with Gasteiger partial charge in [-0.1, -0.05) is 12.1 Å². The number of hydrogen-bond donors (Lipinski definition) is 3. The summed E-state index contributed by atoms with van der Waals surface area (Å²) in [6.45, 7) is 0. The van der Waals surface area contributed by atoms with Gasteiger partial charge in [0.1, 0.15) is 5.75 Å². The normalized spacial score (nSPS) is 26.3. The van der Waals surface area contributed by atoms with Crippen LogP contribution in [0.2, 0.25) is 0 Å². The number of carbonyl (C=O) groups is 1. The smallest absolute Gasteiger partial charge is 0.307 e. The molecular formula is C16H17N3O3. The molecule has 3 heterocycles. The molecule has 114 valence electrons. The topological polar surface area (TPSA) is 87.4 Å². The van der Waals surface area contributed by atoms with Crippen molar-refractivity contribution in [1.29, 1.82) is 0 Å². The molecule has 6 nitrogen and oxygen atoms in total. The molecule has 2 saturated heterocycles. The molecule has 0 spiro atoms. The van der Waals surface area contributed by atoms with Crippen molar-refractivity contribution in [3.05, 3.63) is 36.4 Å². The van der Waals surface area contributed by atoms with Gasteiger partial charge in [-0.15, -0.1) is 0 Å². The van der Waals surface area contributed by atoms with Crippen molar-refractivity contribution in [2.45, 2.75) is 37.4 Å². The molecule has 1 amide bonds. The number of benzene rings is 1. The number of carbonyl (C=O) groups excluding carboxylic acids is 1. The van der Waals surface area contributed by atoms with Crippen LogP contribution in [0.15, 0.2) is 34.9 Å². The highest BCUT2D eigenvalue weighted by Gasteiger charge is 2.40. The van der Waals surface area contributed by atoms with Gasteiger partial charge < -0.3 is 20.2 Å². The van der Waals surface area contributed by atoms with Gasteiger partial charge >= 0.3 is 5.91 Å². The minimum absolute atomic E-state index is 0.0287. The van der Waals surface area contributed by atoms with E-state index in [1.807, 2.05) is 0 Å². The summed E-state index contributed by atoms with van der Waals surface area (Å²) < 4.78 is 5.50. The molecule has 3 N–H and O–H groups in total. The molecule has 1 aromatic heterocycles. The van der Waals surface area contributed by atoms with Gasteiger partial charge in [-0.05, 0) is 31.4 Å². The third-order valence-electron chi connectivity index (χ3n) is 4.49. The fourth-order valence-corrected chi connectivity index (χ4v) is 3.40. The lowest BCUT2D eigenvalue weighted by Gasteiger charge is -2.20. The molecule has 1 aromatic carbocycles. The molecule has 3 atom stereocenters. The monoisotopic (exact) mass is 299 g/mol. The number of hydrogen-bond acceptors (Lipinski definition) is 5. The minimum atomic E-state index is -0.305. The highest BCUT2D eigenvalue weighted by atomic mass is 16.4. The van der Waals surface area contributed by atoms with Gasteiger partial charge in [0.05, 0.1) is 11.8 Å². The number of rotatable bonds is 3. The van der Waals surface area contributed by atoms with E-state index in [0.717, 1.165) is 12.8 Å². The maximum atomic E-state index is 12.2. The van der Waals surface area contributed by atoms with Crippen molar-refractivity contribution in [2.75, 3.05) is 0 Å². The first-order valence-corrected chi connectivity index (χ1v) is 7.52. The summed E-state index contributed by atoms with van der Waals surface area (Å²) in [6, 6.07) is 7.84. The highest BCUT2D eigenvalue weighted by Crippen LogP contribution is 2.30. The number of nitrogens with zero attached hydrogens (tertiary/aromatic N) is 1. The Morgan fingerprint density at radius 3 is 2.95 bits per heavy atom. The van der Waals surface area contributed by atoms with Crippen LogP contribution in [0.3, 0.4) is 0 Å². The van der Waals surface area contributed by atoms with Crippen LogP contribution in [0.25, 0.3) is 11.3 Å². The zero-order valence-electron chi connectivity index (χ0n) is 12.0. The number of oxazole rings is 1. The van der Waals surface area contributed by atoms with E-state index in [9.17, 15) is 9.90 Å². The largest absolute Gasteiger partial charge is 0.507 e. The Hall–Kier alpha value is -2.34. The van der Waals surface area contributed by atoms with Gasteiger partial charge in [-0.2, -0.15) is 0 Å². The summed E-state index contributed by atoms with van der Waals surface area (Å²) in [7, 11) is 0. The summed E-state index contributed by atoms with van der Waals surface area (Å²) in [5, 5.41) is 16.3. The van der Waals surface area contributed by atoms with E-state index in [4.69, 9.17) is 4.42 Å². The third-order valence-corrected chi connectivity index (χ3v) is 4.49. The van der Waals surface area contributed by atoms with Gasteiger partial charge in [0.15, 0.2) is 5.76 Å². The average molecular weight is 299 g/mol. The molecule has 0 aliphatic carbocycles. The van der Waals surface area contributed by atoms with E-state index in [1.165, 1.54) is 12.6 Å². The molecule has 0 saturated carbocycles. The quantitative estimate of drug-likeness (QED) is 0.802. The van der Waals surface area contributed by atoms with Crippen LogP contribution in [0.1, 0.15) is 29.9 Å². The average Bonchev–Trinajstić information content (AvgIpc) is 3.24. The number of nitrogens with one attached hydrogen (secondary N) is 2. The minimum Gasteiger partial charge on any atom is -0.507 e. The van der Waals surface area contributed by atoms with Crippen molar-refractivity contribution in [1.82, 2.24) is 15.6 Å². The number of para-hydroxylation sites is 1. The summed E-state index contributed by atoms with van der Waals surface area (Å²) in [5.74, 6) is 0.208. The van der Waals surface area contributed by atoms with Gasteiger partial charge in [0.25, 0.3) is 5.89 Å². The predicted octanol–water partition coefficient (Wildman–Crippen LogP) is 1.67. The third kappa shape index (κ3) is 2.25. The molecular weight excluding hydrogens is 282 g/mol. The molecule has 0 radical (unpaired) electrons. The number of phenolic OH excluding ortho intramolecular Hbond substituents is 1. The number of aromatic nitrogens is 1. The van der Waals surface area contributed by atoms with E-state index >= 15 is 0 Å². The van der Waals surface area contributed by atoms with Crippen LogP contribution < -0.4 is 10.6 Å². The molecule has 2 aliphatic heterocycles. The molecule has 2 bridgehead atoms. The Bertz CT molecular complexity index is 712. The molecule has 2 aromatic rings. The summed E-state index contributed by atoms with van der Waals surface area (Å²) in [5.41, 5.74) is 0.524. The predicted molar refractivity (Wildman–Crippen MR) is 79.4 cm³/mol. The van der Waals surface area contributed by atoms with E-state index in [-0.39, 0.29) is 23.6 Å². The van der Waals surface area contributed by atoms with Crippen molar-refractivity contribution in [2.24, 2.45) is 0 Å². The highest BCUT2D eigenvalue weighted by molar-refractivity contribution is 5.90. The van der Waals surface area contributed by atoms with Crippen molar-refractivity contribution < 1.29 is 14.3 Å². The first-order valence-electron chi connectivity index (χ1n) is 7.52. The van der Waals surface area contributed by atoms with Crippen LogP contribution in [0, 0.1) is 0 Å². The molecule has 2 aliphatic rings. The molecule has 6 heteroatoms. The Kier molecular flexibility index (Phi) is 3.11. The fourth-order valence-electron chi connectivity index (χ4n) is 3.40. The van der Waals surface area contributed by atoms with E-state index in [0.29, 0.717) is 23.4 Å².